The average Bonchev–Trinajstić information content (AvgIpc) is 3.25. The minimum absolute atomic E-state index is 0.0466. The van der Waals surface area contributed by atoms with E-state index in [0.717, 1.165) is 11.4 Å². The van der Waals surface area contributed by atoms with E-state index in [1.165, 1.54) is 0 Å². The molecule has 0 saturated carbocycles. The minimum Gasteiger partial charge on any atom is -0.399 e. The predicted octanol–water partition coefficient (Wildman–Crippen LogP) is 0.788. The lowest BCUT2D eigenvalue weighted by atomic mass is 10.3. The SMILES string of the molecule is NC1=NNC(=O)C1.Nc1ccccc1.O=C1CC(=Nc2ccccc2)NN1. The molecule has 2 heterocycles. The molecule has 0 atom stereocenters. The summed E-state index contributed by atoms with van der Waals surface area (Å²) in [5, 5.41) is 3.41. The van der Waals surface area contributed by atoms with Crippen LogP contribution in [0.25, 0.3) is 0 Å². The number of hydrogen-bond donors (Lipinski definition) is 5. The van der Waals surface area contributed by atoms with Crippen LogP contribution in [0.1, 0.15) is 12.8 Å². The van der Waals surface area contributed by atoms with Crippen molar-refractivity contribution in [2.45, 2.75) is 12.8 Å². The van der Waals surface area contributed by atoms with Gasteiger partial charge in [-0.1, -0.05) is 36.4 Å². The normalized spacial score (nSPS) is 16.0. The fourth-order valence-corrected chi connectivity index (χ4v) is 1.94. The first-order valence-corrected chi connectivity index (χ1v) is 8.12. The number of nitrogens with one attached hydrogen (secondary N) is 3. The summed E-state index contributed by atoms with van der Waals surface area (Å²) in [5.41, 5.74) is 19.5. The van der Waals surface area contributed by atoms with Crippen LogP contribution in [0.2, 0.25) is 0 Å². The Bertz CT molecular complexity index is 820. The van der Waals surface area contributed by atoms with E-state index in [0.29, 0.717) is 18.1 Å². The molecule has 2 aliphatic rings. The number of hydrazone groups is 1. The Morgan fingerprint density at radius 3 is 1.81 bits per heavy atom. The van der Waals surface area contributed by atoms with Gasteiger partial charge in [-0.2, -0.15) is 5.10 Å². The second-order valence-electron chi connectivity index (χ2n) is 5.47. The third-order valence-corrected chi connectivity index (χ3v) is 3.16. The number of amides is 2. The van der Waals surface area contributed by atoms with Crippen molar-refractivity contribution in [1.82, 2.24) is 16.3 Å². The van der Waals surface area contributed by atoms with Crippen LogP contribution in [-0.2, 0) is 9.59 Å². The summed E-state index contributed by atoms with van der Waals surface area (Å²) in [6.45, 7) is 0. The molecule has 1 saturated heterocycles. The van der Waals surface area contributed by atoms with Gasteiger partial charge in [-0.05, 0) is 24.3 Å². The maximum atomic E-state index is 10.8. The first kappa shape index (κ1) is 19.4. The summed E-state index contributed by atoms with van der Waals surface area (Å²) >= 11 is 0. The molecule has 9 nitrogen and oxygen atoms in total. The fourth-order valence-electron chi connectivity index (χ4n) is 1.94. The van der Waals surface area contributed by atoms with Gasteiger partial charge >= 0.3 is 0 Å². The second kappa shape index (κ2) is 10.2. The van der Waals surface area contributed by atoms with Gasteiger partial charge < -0.3 is 11.5 Å². The Balaban J connectivity index is 0.000000159. The molecule has 0 aliphatic carbocycles. The summed E-state index contributed by atoms with van der Waals surface area (Å²) in [5.74, 6) is 0.855. The van der Waals surface area contributed by atoms with E-state index in [1.807, 2.05) is 60.7 Å². The molecule has 9 heteroatoms. The number of rotatable bonds is 1. The van der Waals surface area contributed by atoms with E-state index >= 15 is 0 Å². The van der Waals surface area contributed by atoms with Crippen molar-refractivity contribution in [2.24, 2.45) is 15.8 Å². The van der Waals surface area contributed by atoms with Crippen molar-refractivity contribution in [3.8, 4) is 0 Å². The molecule has 0 spiro atoms. The maximum Gasteiger partial charge on any atom is 0.247 e. The molecule has 0 bridgehead atoms. The van der Waals surface area contributed by atoms with E-state index in [1.54, 1.807) is 0 Å². The van der Waals surface area contributed by atoms with Crippen LogP contribution in [0.15, 0.2) is 70.8 Å². The summed E-state index contributed by atoms with van der Waals surface area (Å²) in [6.07, 6.45) is 0.578. The third kappa shape index (κ3) is 7.69. The van der Waals surface area contributed by atoms with E-state index in [2.05, 4.69) is 26.4 Å². The van der Waals surface area contributed by atoms with Crippen LogP contribution < -0.4 is 27.7 Å². The van der Waals surface area contributed by atoms with Crippen LogP contribution in [0.4, 0.5) is 11.4 Å². The molecule has 140 valence electrons. The van der Waals surface area contributed by atoms with Gasteiger partial charge in [0, 0.05) is 5.69 Å². The molecule has 4 rings (SSSR count). The number of anilines is 1. The number of carbonyl (C=O) groups is 2. The molecule has 27 heavy (non-hydrogen) atoms. The Morgan fingerprint density at radius 2 is 1.44 bits per heavy atom. The highest BCUT2D eigenvalue weighted by Crippen LogP contribution is 2.10. The highest BCUT2D eigenvalue weighted by Gasteiger charge is 2.14. The number of carbonyl (C=O) groups excluding carboxylic acids is 2. The van der Waals surface area contributed by atoms with Crippen molar-refractivity contribution in [3.05, 3.63) is 60.7 Å². The lowest BCUT2D eigenvalue weighted by Gasteiger charge is -1.95. The van der Waals surface area contributed by atoms with Gasteiger partial charge in [-0.3, -0.25) is 20.4 Å². The molecular formula is C18H21N7O2. The Labute approximate surface area is 156 Å². The summed E-state index contributed by atoms with van der Waals surface area (Å²) in [4.78, 5) is 25.2. The smallest absolute Gasteiger partial charge is 0.247 e. The van der Waals surface area contributed by atoms with Gasteiger partial charge in [-0.15, -0.1) is 0 Å². The Kier molecular flexibility index (Phi) is 7.34. The zero-order valence-corrected chi connectivity index (χ0v) is 14.6. The fraction of sp³-hybridized carbons (Fsp3) is 0.111. The van der Waals surface area contributed by atoms with E-state index < -0.39 is 0 Å². The number of nitrogens with zero attached hydrogens (tertiary/aromatic N) is 2. The molecular weight excluding hydrogens is 346 g/mol. The monoisotopic (exact) mass is 367 g/mol. The average molecular weight is 367 g/mol. The van der Waals surface area contributed by atoms with Crippen molar-refractivity contribution >= 4 is 34.9 Å². The molecule has 0 radical (unpaired) electrons. The molecule has 7 N–H and O–H groups in total. The van der Waals surface area contributed by atoms with Gasteiger partial charge in [0.15, 0.2) is 0 Å². The standard InChI is InChI=1S/C9H9N3O.C6H7N.C3H5N3O/c13-9-6-8(11-12-9)10-7-4-2-1-3-5-7;7-6-4-2-1-3-5-6;4-2-1-3(7)6-5-2/h1-5H,6H2,(H,10,11)(H,12,13);1-5H,7H2;1H2,(H2,4,5)(H,6,7). The number of benzene rings is 2. The van der Waals surface area contributed by atoms with Crippen LogP contribution in [0, 0.1) is 0 Å². The highest BCUT2D eigenvalue weighted by molar-refractivity contribution is 6.05. The Morgan fingerprint density at radius 1 is 0.815 bits per heavy atom. The summed E-state index contributed by atoms with van der Waals surface area (Å²) < 4.78 is 0. The molecule has 2 aliphatic heterocycles. The molecule has 0 unspecified atom stereocenters. The molecule has 2 aromatic rings. The number of hydrogen-bond acceptors (Lipinski definition) is 6. The minimum atomic E-state index is -0.127. The summed E-state index contributed by atoms with van der Waals surface area (Å²) in [7, 11) is 0. The predicted molar refractivity (Wildman–Crippen MR) is 105 cm³/mol. The van der Waals surface area contributed by atoms with E-state index in [4.69, 9.17) is 11.5 Å². The lowest BCUT2D eigenvalue weighted by Crippen LogP contribution is -2.28. The first-order valence-electron chi connectivity index (χ1n) is 8.12. The van der Waals surface area contributed by atoms with Gasteiger partial charge in [0.25, 0.3) is 0 Å². The van der Waals surface area contributed by atoms with E-state index in [9.17, 15) is 9.59 Å². The van der Waals surface area contributed by atoms with Crippen LogP contribution in [0.3, 0.4) is 0 Å². The van der Waals surface area contributed by atoms with Crippen molar-refractivity contribution in [3.63, 3.8) is 0 Å². The van der Waals surface area contributed by atoms with Crippen molar-refractivity contribution in [2.75, 3.05) is 5.73 Å². The zero-order chi connectivity index (χ0) is 19.5. The number of aliphatic imine (C=N–C) groups is 1. The van der Waals surface area contributed by atoms with Gasteiger partial charge in [0.2, 0.25) is 11.8 Å². The van der Waals surface area contributed by atoms with Crippen molar-refractivity contribution < 1.29 is 9.59 Å². The largest absolute Gasteiger partial charge is 0.399 e. The van der Waals surface area contributed by atoms with Crippen LogP contribution in [-0.4, -0.2) is 23.5 Å². The van der Waals surface area contributed by atoms with Gasteiger partial charge in [0.05, 0.1) is 18.5 Å². The van der Waals surface area contributed by atoms with Crippen molar-refractivity contribution in [1.29, 1.82) is 0 Å². The third-order valence-electron chi connectivity index (χ3n) is 3.16. The topological polar surface area (TPSA) is 147 Å². The number of nitrogens with two attached hydrogens (primary N) is 2. The highest BCUT2D eigenvalue weighted by atomic mass is 16.2. The number of nitrogen functional groups attached to an aromatic ring is 1. The first-order chi connectivity index (χ1) is 13.0. The molecule has 2 aromatic carbocycles. The Hall–Kier alpha value is -3.88. The van der Waals surface area contributed by atoms with E-state index in [-0.39, 0.29) is 18.2 Å². The van der Waals surface area contributed by atoms with Gasteiger partial charge in [0.1, 0.15) is 11.7 Å². The second-order valence-corrected chi connectivity index (χ2v) is 5.47. The molecule has 2 amide bonds. The van der Waals surface area contributed by atoms with Gasteiger partial charge in [-0.25, -0.2) is 10.4 Å². The molecule has 0 aromatic heterocycles. The number of amidine groups is 2. The number of hydrazine groups is 1. The lowest BCUT2D eigenvalue weighted by molar-refractivity contribution is -0.120. The van der Waals surface area contributed by atoms with Crippen LogP contribution >= 0.6 is 0 Å². The maximum absolute atomic E-state index is 10.8. The molecule has 1 fully saturated rings. The zero-order valence-electron chi connectivity index (χ0n) is 14.6. The summed E-state index contributed by atoms with van der Waals surface area (Å²) in [6, 6.07) is 19.0. The van der Waals surface area contributed by atoms with Crippen LogP contribution in [0.5, 0.6) is 0 Å². The quantitative estimate of drug-likeness (QED) is 0.473. The number of para-hydroxylation sites is 2.